The molecule has 1 rings (SSSR count). The Morgan fingerprint density at radius 2 is 2.50 bits per heavy atom. The molecule has 12 heavy (non-hydrogen) atoms. The standard InChI is InChI=1S/C8H13N3O/c1-7(5-9)11-4-2-3-10-8(12)6-11/h7H,2-4,6H2,1H3,(H,10,12). The molecule has 1 unspecified atom stereocenters. The van der Waals surface area contributed by atoms with Crippen molar-refractivity contribution < 1.29 is 4.79 Å². The Morgan fingerprint density at radius 1 is 1.75 bits per heavy atom. The summed E-state index contributed by atoms with van der Waals surface area (Å²) in [6, 6.07) is 1.97. The first-order valence-corrected chi connectivity index (χ1v) is 4.14. The second-order valence-electron chi connectivity index (χ2n) is 2.98. The Morgan fingerprint density at radius 3 is 3.17 bits per heavy atom. The number of hydrogen-bond donors (Lipinski definition) is 1. The van der Waals surface area contributed by atoms with Crippen molar-refractivity contribution in [2.45, 2.75) is 19.4 Å². The second-order valence-corrected chi connectivity index (χ2v) is 2.98. The van der Waals surface area contributed by atoms with Gasteiger partial charge in [-0.25, -0.2) is 0 Å². The lowest BCUT2D eigenvalue weighted by molar-refractivity contribution is -0.121. The van der Waals surface area contributed by atoms with E-state index in [9.17, 15) is 4.79 Å². The van der Waals surface area contributed by atoms with Crippen LogP contribution in [-0.4, -0.2) is 36.5 Å². The summed E-state index contributed by atoms with van der Waals surface area (Å²) in [6.07, 6.45) is 0.928. The first kappa shape index (κ1) is 9.01. The van der Waals surface area contributed by atoms with Crippen molar-refractivity contribution >= 4 is 5.91 Å². The van der Waals surface area contributed by atoms with E-state index in [4.69, 9.17) is 5.26 Å². The molecule has 1 aliphatic heterocycles. The van der Waals surface area contributed by atoms with Gasteiger partial charge in [0.25, 0.3) is 0 Å². The van der Waals surface area contributed by atoms with Crippen LogP contribution in [0.1, 0.15) is 13.3 Å². The molecule has 1 fully saturated rings. The number of amides is 1. The number of rotatable bonds is 1. The van der Waals surface area contributed by atoms with Gasteiger partial charge in [-0.15, -0.1) is 0 Å². The largest absolute Gasteiger partial charge is 0.355 e. The van der Waals surface area contributed by atoms with Gasteiger partial charge in [0, 0.05) is 13.1 Å². The fourth-order valence-electron chi connectivity index (χ4n) is 1.24. The molecule has 1 heterocycles. The van der Waals surface area contributed by atoms with Crippen LogP contribution in [0.5, 0.6) is 0 Å². The van der Waals surface area contributed by atoms with Crippen molar-refractivity contribution in [1.29, 1.82) is 5.26 Å². The molecule has 0 bridgehead atoms. The minimum atomic E-state index is -0.158. The average Bonchev–Trinajstić information content (AvgIpc) is 2.28. The zero-order valence-electron chi connectivity index (χ0n) is 7.21. The van der Waals surface area contributed by atoms with Gasteiger partial charge < -0.3 is 5.32 Å². The van der Waals surface area contributed by atoms with E-state index in [-0.39, 0.29) is 11.9 Å². The van der Waals surface area contributed by atoms with E-state index in [0.29, 0.717) is 6.54 Å². The fourth-order valence-corrected chi connectivity index (χ4v) is 1.24. The Bertz CT molecular complexity index is 209. The zero-order valence-corrected chi connectivity index (χ0v) is 7.21. The Balaban J connectivity index is 2.53. The van der Waals surface area contributed by atoms with Crippen LogP contribution < -0.4 is 5.32 Å². The van der Waals surface area contributed by atoms with Gasteiger partial charge in [0.15, 0.2) is 0 Å². The molecule has 4 nitrogen and oxygen atoms in total. The van der Waals surface area contributed by atoms with Gasteiger partial charge in [-0.3, -0.25) is 9.69 Å². The molecule has 1 saturated heterocycles. The van der Waals surface area contributed by atoms with Crippen LogP contribution in [0.15, 0.2) is 0 Å². The van der Waals surface area contributed by atoms with Crippen LogP contribution in [-0.2, 0) is 4.79 Å². The molecule has 1 aliphatic rings. The lowest BCUT2D eigenvalue weighted by Gasteiger charge is -2.20. The summed E-state index contributed by atoms with van der Waals surface area (Å²) in [6.45, 7) is 3.73. The SMILES string of the molecule is CC(C#N)N1CCCNC(=O)C1. The molecule has 0 spiro atoms. The maximum absolute atomic E-state index is 11.1. The zero-order chi connectivity index (χ0) is 8.97. The summed E-state index contributed by atoms with van der Waals surface area (Å²) >= 11 is 0. The van der Waals surface area contributed by atoms with E-state index in [1.807, 2.05) is 11.8 Å². The Kier molecular flexibility index (Phi) is 3.06. The highest BCUT2D eigenvalue weighted by Crippen LogP contribution is 2.01. The maximum atomic E-state index is 11.1. The minimum Gasteiger partial charge on any atom is -0.355 e. The molecule has 0 aromatic rings. The van der Waals surface area contributed by atoms with Gasteiger partial charge in [-0.05, 0) is 13.3 Å². The van der Waals surface area contributed by atoms with Crippen molar-refractivity contribution in [3.63, 3.8) is 0 Å². The fraction of sp³-hybridized carbons (Fsp3) is 0.750. The van der Waals surface area contributed by atoms with Gasteiger partial charge in [0.1, 0.15) is 0 Å². The quantitative estimate of drug-likeness (QED) is 0.584. The molecular formula is C8H13N3O. The number of carbonyl (C=O) groups excluding carboxylic acids is 1. The number of carbonyl (C=O) groups is 1. The lowest BCUT2D eigenvalue weighted by Crippen LogP contribution is -2.38. The molecule has 66 valence electrons. The topological polar surface area (TPSA) is 56.1 Å². The number of nitrogens with one attached hydrogen (secondary N) is 1. The van der Waals surface area contributed by atoms with E-state index < -0.39 is 0 Å². The van der Waals surface area contributed by atoms with Gasteiger partial charge in [-0.1, -0.05) is 0 Å². The Hall–Kier alpha value is -1.08. The smallest absolute Gasteiger partial charge is 0.234 e. The predicted octanol–water partition coefficient (Wildman–Crippen LogP) is -0.280. The molecule has 1 atom stereocenters. The van der Waals surface area contributed by atoms with Gasteiger partial charge in [-0.2, -0.15) is 5.26 Å². The summed E-state index contributed by atoms with van der Waals surface area (Å²) < 4.78 is 0. The molecule has 0 aromatic carbocycles. The highest BCUT2D eigenvalue weighted by atomic mass is 16.2. The first-order valence-electron chi connectivity index (χ1n) is 4.14. The van der Waals surface area contributed by atoms with Crippen LogP contribution in [0, 0.1) is 11.3 Å². The van der Waals surface area contributed by atoms with E-state index in [0.717, 1.165) is 19.5 Å². The summed E-state index contributed by atoms with van der Waals surface area (Å²) in [5.41, 5.74) is 0. The van der Waals surface area contributed by atoms with Crippen LogP contribution in [0.25, 0.3) is 0 Å². The van der Waals surface area contributed by atoms with E-state index in [1.165, 1.54) is 0 Å². The van der Waals surface area contributed by atoms with Crippen molar-refractivity contribution in [2.24, 2.45) is 0 Å². The lowest BCUT2D eigenvalue weighted by atomic mass is 10.3. The van der Waals surface area contributed by atoms with Gasteiger partial charge in [0.05, 0.1) is 18.7 Å². The summed E-state index contributed by atoms with van der Waals surface area (Å²) in [7, 11) is 0. The number of hydrogen-bond acceptors (Lipinski definition) is 3. The molecule has 0 radical (unpaired) electrons. The third-order valence-electron chi connectivity index (χ3n) is 2.03. The van der Waals surface area contributed by atoms with Crippen LogP contribution in [0.3, 0.4) is 0 Å². The third kappa shape index (κ3) is 2.21. The van der Waals surface area contributed by atoms with Crippen LogP contribution in [0.4, 0.5) is 0 Å². The summed E-state index contributed by atoms with van der Waals surface area (Å²) in [5.74, 6) is 0.0228. The molecule has 4 heteroatoms. The molecule has 0 aromatic heterocycles. The van der Waals surface area contributed by atoms with Crippen molar-refractivity contribution in [3.8, 4) is 6.07 Å². The van der Waals surface area contributed by atoms with Gasteiger partial charge >= 0.3 is 0 Å². The molecule has 1 N–H and O–H groups in total. The highest BCUT2D eigenvalue weighted by Gasteiger charge is 2.18. The molecule has 1 amide bonds. The minimum absolute atomic E-state index is 0.0228. The number of nitrogens with zero attached hydrogens (tertiary/aromatic N) is 2. The summed E-state index contributed by atoms with van der Waals surface area (Å²) in [4.78, 5) is 12.9. The molecule has 0 saturated carbocycles. The van der Waals surface area contributed by atoms with Crippen LogP contribution >= 0.6 is 0 Å². The normalized spacial score (nSPS) is 22.2. The summed E-state index contributed by atoms with van der Waals surface area (Å²) in [5, 5.41) is 11.4. The monoisotopic (exact) mass is 167 g/mol. The van der Waals surface area contributed by atoms with E-state index in [1.54, 1.807) is 0 Å². The van der Waals surface area contributed by atoms with E-state index >= 15 is 0 Å². The molecule has 0 aliphatic carbocycles. The van der Waals surface area contributed by atoms with E-state index in [2.05, 4.69) is 11.4 Å². The number of nitriles is 1. The van der Waals surface area contributed by atoms with Crippen LogP contribution in [0.2, 0.25) is 0 Å². The van der Waals surface area contributed by atoms with Crippen molar-refractivity contribution in [1.82, 2.24) is 10.2 Å². The first-order chi connectivity index (χ1) is 5.74. The van der Waals surface area contributed by atoms with Crippen molar-refractivity contribution in [2.75, 3.05) is 19.6 Å². The third-order valence-corrected chi connectivity index (χ3v) is 2.03. The Labute approximate surface area is 72.2 Å². The average molecular weight is 167 g/mol. The second kappa shape index (κ2) is 4.07. The van der Waals surface area contributed by atoms with Gasteiger partial charge in [0.2, 0.25) is 5.91 Å². The van der Waals surface area contributed by atoms with Crippen molar-refractivity contribution in [3.05, 3.63) is 0 Å². The maximum Gasteiger partial charge on any atom is 0.234 e. The highest BCUT2D eigenvalue weighted by molar-refractivity contribution is 5.78. The predicted molar refractivity (Wildman–Crippen MR) is 44.3 cm³/mol. The molecular weight excluding hydrogens is 154 g/mol.